The number of anilines is 1. The second-order valence-electron chi connectivity index (χ2n) is 5.60. The summed E-state index contributed by atoms with van der Waals surface area (Å²) in [6.45, 7) is 4.21. The first-order valence-electron chi connectivity index (χ1n) is 7.36. The fourth-order valence-electron chi connectivity index (χ4n) is 2.70. The fourth-order valence-corrected chi connectivity index (χ4v) is 2.70. The van der Waals surface area contributed by atoms with E-state index in [0.717, 1.165) is 17.2 Å². The van der Waals surface area contributed by atoms with E-state index in [1.807, 2.05) is 48.4 Å². The number of hydrogen-bond donors (Lipinski definition) is 1. The zero-order valence-electron chi connectivity index (χ0n) is 13.1. The summed E-state index contributed by atoms with van der Waals surface area (Å²) in [4.78, 5) is 9.00. The molecular weight excluding hydrogens is 272 g/mol. The molecule has 1 aromatic carbocycles. The molecule has 112 valence electrons. The van der Waals surface area contributed by atoms with Gasteiger partial charge in [0.25, 0.3) is 0 Å². The molecule has 1 atom stereocenters. The highest BCUT2D eigenvalue weighted by Crippen LogP contribution is 2.25. The van der Waals surface area contributed by atoms with Gasteiger partial charge in [-0.05, 0) is 49.2 Å². The van der Waals surface area contributed by atoms with E-state index >= 15 is 0 Å². The van der Waals surface area contributed by atoms with E-state index in [1.165, 1.54) is 11.1 Å². The normalized spacial score (nSPS) is 12.1. The molecule has 22 heavy (non-hydrogen) atoms. The number of nitrogens with zero attached hydrogens (tertiary/aromatic N) is 3. The second-order valence-corrected chi connectivity index (χ2v) is 5.60. The molecule has 2 heterocycles. The molecule has 0 aliphatic carbocycles. The Hall–Kier alpha value is -2.62. The van der Waals surface area contributed by atoms with Crippen LogP contribution in [0.2, 0.25) is 0 Å². The molecule has 3 rings (SSSR count). The van der Waals surface area contributed by atoms with Crippen LogP contribution in [-0.4, -0.2) is 14.5 Å². The van der Waals surface area contributed by atoms with Crippen LogP contribution in [0.15, 0.2) is 55.0 Å². The van der Waals surface area contributed by atoms with Gasteiger partial charge in [0.15, 0.2) is 0 Å². The molecule has 0 radical (unpaired) electrons. The van der Waals surface area contributed by atoms with E-state index in [9.17, 15) is 0 Å². The third kappa shape index (κ3) is 3.01. The first-order chi connectivity index (χ1) is 10.6. The van der Waals surface area contributed by atoms with E-state index in [-0.39, 0.29) is 6.04 Å². The van der Waals surface area contributed by atoms with Crippen LogP contribution in [0.4, 0.5) is 5.69 Å². The Morgan fingerprint density at radius 3 is 2.36 bits per heavy atom. The van der Waals surface area contributed by atoms with Crippen molar-refractivity contribution in [1.29, 1.82) is 0 Å². The number of aryl methyl sites for hydroxylation is 3. The summed E-state index contributed by atoms with van der Waals surface area (Å²) < 4.78 is 2.02. The Kier molecular flexibility index (Phi) is 3.92. The van der Waals surface area contributed by atoms with Gasteiger partial charge in [-0.2, -0.15) is 0 Å². The van der Waals surface area contributed by atoms with Gasteiger partial charge in [0.2, 0.25) is 0 Å². The minimum Gasteiger partial charge on any atom is -0.370 e. The lowest BCUT2D eigenvalue weighted by Gasteiger charge is -2.20. The van der Waals surface area contributed by atoms with Crippen LogP contribution in [0, 0.1) is 13.8 Å². The van der Waals surface area contributed by atoms with E-state index in [2.05, 4.69) is 47.3 Å². The molecule has 0 spiro atoms. The topological polar surface area (TPSA) is 42.7 Å². The van der Waals surface area contributed by atoms with Crippen LogP contribution in [-0.2, 0) is 7.05 Å². The van der Waals surface area contributed by atoms with Gasteiger partial charge in [-0.1, -0.05) is 12.1 Å². The van der Waals surface area contributed by atoms with Crippen molar-refractivity contribution in [2.24, 2.45) is 7.05 Å². The number of pyridine rings is 1. The molecular formula is C18H20N4. The van der Waals surface area contributed by atoms with Crippen molar-refractivity contribution in [3.63, 3.8) is 0 Å². The second kappa shape index (κ2) is 6.02. The lowest BCUT2D eigenvalue weighted by Crippen LogP contribution is -2.18. The first kappa shape index (κ1) is 14.3. The summed E-state index contributed by atoms with van der Waals surface area (Å²) in [6, 6.07) is 12.3. The van der Waals surface area contributed by atoms with Crippen molar-refractivity contribution in [2.75, 3.05) is 5.32 Å². The Morgan fingerprint density at radius 2 is 1.77 bits per heavy atom. The maximum atomic E-state index is 4.50. The average Bonchev–Trinajstić information content (AvgIpc) is 2.91. The van der Waals surface area contributed by atoms with Crippen molar-refractivity contribution >= 4 is 5.69 Å². The summed E-state index contributed by atoms with van der Waals surface area (Å²) in [5.74, 6) is 0.942. The van der Waals surface area contributed by atoms with Crippen LogP contribution in [0.3, 0.4) is 0 Å². The third-order valence-corrected chi connectivity index (χ3v) is 3.63. The van der Waals surface area contributed by atoms with Gasteiger partial charge in [0.05, 0.1) is 5.69 Å². The molecule has 3 aromatic rings. The van der Waals surface area contributed by atoms with E-state index < -0.39 is 0 Å². The van der Waals surface area contributed by atoms with Crippen LogP contribution >= 0.6 is 0 Å². The third-order valence-electron chi connectivity index (χ3n) is 3.63. The van der Waals surface area contributed by atoms with Crippen molar-refractivity contribution in [1.82, 2.24) is 14.5 Å². The van der Waals surface area contributed by atoms with Gasteiger partial charge in [0, 0.05) is 31.3 Å². The van der Waals surface area contributed by atoms with Gasteiger partial charge in [-0.15, -0.1) is 0 Å². The predicted molar refractivity (Wildman–Crippen MR) is 88.8 cm³/mol. The highest BCUT2D eigenvalue weighted by atomic mass is 15.1. The van der Waals surface area contributed by atoms with E-state index in [4.69, 9.17) is 0 Å². The zero-order valence-corrected chi connectivity index (χ0v) is 13.1. The van der Waals surface area contributed by atoms with E-state index in [1.54, 1.807) is 0 Å². The van der Waals surface area contributed by atoms with Crippen molar-refractivity contribution < 1.29 is 0 Å². The number of imidazole rings is 1. The molecule has 2 aromatic heterocycles. The number of rotatable bonds is 4. The molecule has 0 saturated carbocycles. The summed E-state index contributed by atoms with van der Waals surface area (Å²) in [5.41, 5.74) is 4.51. The molecule has 0 aliphatic heterocycles. The molecule has 4 nitrogen and oxygen atoms in total. The molecule has 0 bridgehead atoms. The molecule has 1 N–H and O–H groups in total. The highest BCUT2D eigenvalue weighted by molar-refractivity contribution is 5.51. The molecule has 0 saturated heterocycles. The highest BCUT2D eigenvalue weighted by Gasteiger charge is 2.19. The number of hydrogen-bond acceptors (Lipinski definition) is 3. The molecule has 0 amide bonds. The molecule has 0 fully saturated rings. The number of aromatic nitrogens is 3. The van der Waals surface area contributed by atoms with E-state index in [0.29, 0.717) is 0 Å². The quantitative estimate of drug-likeness (QED) is 0.798. The van der Waals surface area contributed by atoms with Gasteiger partial charge in [-0.25, -0.2) is 4.98 Å². The van der Waals surface area contributed by atoms with Gasteiger partial charge in [-0.3, -0.25) is 4.98 Å². The Morgan fingerprint density at radius 1 is 1.00 bits per heavy atom. The van der Waals surface area contributed by atoms with Gasteiger partial charge >= 0.3 is 0 Å². The molecule has 1 unspecified atom stereocenters. The average molecular weight is 292 g/mol. The van der Waals surface area contributed by atoms with Gasteiger partial charge in [0.1, 0.15) is 11.9 Å². The lowest BCUT2D eigenvalue weighted by atomic mass is 10.1. The van der Waals surface area contributed by atoms with Gasteiger partial charge < -0.3 is 9.88 Å². The first-order valence-corrected chi connectivity index (χ1v) is 7.36. The number of benzene rings is 1. The molecule has 0 aliphatic rings. The standard InChI is InChI=1S/C18H20N4/c1-13-10-14(2)12-15(11-13)21-17(16-6-4-5-7-19-16)18-20-8-9-22(18)3/h4-12,17,21H,1-3H3. The van der Waals surface area contributed by atoms with Crippen molar-refractivity contribution in [3.05, 3.63) is 77.6 Å². The largest absolute Gasteiger partial charge is 0.370 e. The van der Waals surface area contributed by atoms with Crippen LogP contribution in [0.5, 0.6) is 0 Å². The summed E-state index contributed by atoms with van der Waals surface area (Å²) >= 11 is 0. The van der Waals surface area contributed by atoms with Crippen molar-refractivity contribution in [3.8, 4) is 0 Å². The maximum Gasteiger partial charge on any atom is 0.137 e. The lowest BCUT2D eigenvalue weighted by molar-refractivity contribution is 0.732. The van der Waals surface area contributed by atoms with Crippen LogP contribution < -0.4 is 5.32 Å². The fraction of sp³-hybridized carbons (Fsp3) is 0.222. The minimum absolute atomic E-state index is 0.0811. The van der Waals surface area contributed by atoms with Crippen LogP contribution in [0.25, 0.3) is 0 Å². The monoisotopic (exact) mass is 292 g/mol. The summed E-state index contributed by atoms with van der Waals surface area (Å²) in [7, 11) is 2.00. The minimum atomic E-state index is -0.0811. The number of nitrogens with one attached hydrogen (secondary N) is 1. The molecule has 4 heteroatoms. The smallest absolute Gasteiger partial charge is 0.137 e. The van der Waals surface area contributed by atoms with Crippen molar-refractivity contribution in [2.45, 2.75) is 19.9 Å². The predicted octanol–water partition coefficient (Wildman–Crippen LogP) is 3.63. The SMILES string of the molecule is Cc1cc(C)cc(NC(c2ccccn2)c2nccn2C)c1. The maximum absolute atomic E-state index is 4.50. The Labute approximate surface area is 130 Å². The van der Waals surface area contributed by atoms with Crippen LogP contribution in [0.1, 0.15) is 28.7 Å². The Balaban J connectivity index is 2.01. The zero-order chi connectivity index (χ0) is 15.5. The Bertz CT molecular complexity index is 742. The summed E-state index contributed by atoms with van der Waals surface area (Å²) in [6.07, 6.45) is 5.58. The summed E-state index contributed by atoms with van der Waals surface area (Å²) in [5, 5.41) is 3.57.